The molecule has 3 aromatic carbocycles. The molecule has 3 N–H and O–H groups in total. The van der Waals surface area contributed by atoms with Crippen LogP contribution in [0, 0.1) is 13.8 Å². The summed E-state index contributed by atoms with van der Waals surface area (Å²) in [7, 11) is 1.46. The number of aryl methyl sites for hydroxylation is 1. The highest BCUT2D eigenvalue weighted by molar-refractivity contribution is 5.95. The quantitative estimate of drug-likeness (QED) is 0.132. The van der Waals surface area contributed by atoms with Crippen molar-refractivity contribution in [3.05, 3.63) is 101 Å². The number of hydrogen-bond donors (Lipinski definition) is 3. The van der Waals surface area contributed by atoms with Gasteiger partial charge in [0.2, 0.25) is 0 Å². The number of hydrogen-bond acceptors (Lipinski definition) is 7. The first kappa shape index (κ1) is 30.9. The highest BCUT2D eigenvalue weighted by Crippen LogP contribution is 2.34. The van der Waals surface area contributed by atoms with Crippen molar-refractivity contribution in [1.29, 1.82) is 0 Å². The monoisotopic (exact) mass is 609 g/mol. The average Bonchev–Trinajstić information content (AvgIpc) is 3.31. The molecule has 0 saturated heterocycles. The summed E-state index contributed by atoms with van der Waals surface area (Å²) in [5, 5.41) is 11.8. The minimum absolute atomic E-state index is 0.190. The zero-order chi connectivity index (χ0) is 32.1. The largest absolute Gasteiger partial charge is 0.493 e. The fraction of sp³-hybridized carbons (Fsp3) is 0.235. The first-order chi connectivity index (χ1) is 21.7. The molecule has 0 spiro atoms. The number of aromatic nitrogens is 1. The van der Waals surface area contributed by atoms with E-state index in [0.717, 1.165) is 28.0 Å². The lowest BCUT2D eigenvalue weighted by Crippen LogP contribution is -2.45. The van der Waals surface area contributed by atoms with Crippen molar-refractivity contribution in [2.45, 2.75) is 33.7 Å². The van der Waals surface area contributed by atoms with Gasteiger partial charge in [-0.1, -0.05) is 36.4 Å². The standard InChI is InChI=1S/C34H35N5O6/c1-6-44-33(41)31-21(3)36-34(42)37-32(31)25-12-14-28(29(17-25)43-5)45-19-30(40)38-35-18-26-15-20(2)39(22(26)4)27-13-11-23-9-7-8-10-24(23)16-27/h7-18,32H,6,19H2,1-5H3,(H,38,40)(H2,36,37,42)/b35-18-/t32-/m1/s1. The second kappa shape index (κ2) is 13.4. The molecule has 0 fully saturated rings. The Bertz CT molecular complexity index is 1840. The maximum atomic E-state index is 12.6. The molecule has 232 valence electrons. The summed E-state index contributed by atoms with van der Waals surface area (Å²) in [4.78, 5) is 37.4. The zero-order valence-corrected chi connectivity index (χ0v) is 25.8. The highest BCUT2D eigenvalue weighted by Gasteiger charge is 2.32. The molecule has 1 aliphatic heterocycles. The average molecular weight is 610 g/mol. The number of hydrazone groups is 1. The van der Waals surface area contributed by atoms with E-state index in [4.69, 9.17) is 14.2 Å². The number of fused-ring (bicyclic) bond motifs is 1. The van der Waals surface area contributed by atoms with Crippen LogP contribution in [0.4, 0.5) is 4.79 Å². The van der Waals surface area contributed by atoms with E-state index in [0.29, 0.717) is 22.8 Å². The van der Waals surface area contributed by atoms with Gasteiger partial charge in [-0.3, -0.25) is 4.79 Å². The number of methoxy groups -OCH3 is 1. The maximum Gasteiger partial charge on any atom is 0.338 e. The number of rotatable bonds is 10. The van der Waals surface area contributed by atoms with Gasteiger partial charge in [-0.15, -0.1) is 0 Å². The van der Waals surface area contributed by atoms with Crippen LogP contribution in [0.1, 0.15) is 42.4 Å². The predicted molar refractivity (Wildman–Crippen MR) is 171 cm³/mol. The van der Waals surface area contributed by atoms with Crippen LogP contribution in [0.3, 0.4) is 0 Å². The molecular weight excluding hydrogens is 574 g/mol. The van der Waals surface area contributed by atoms with Gasteiger partial charge < -0.3 is 29.4 Å². The highest BCUT2D eigenvalue weighted by atomic mass is 16.5. The smallest absolute Gasteiger partial charge is 0.338 e. The number of urea groups is 1. The SMILES string of the molecule is CCOC(=O)C1=C(C)NC(=O)N[C@@H]1c1ccc(OCC(=O)N/N=C\c2cc(C)n(-c3ccc4ccccc4c3)c2C)c(OC)c1. The van der Waals surface area contributed by atoms with Crippen LogP contribution < -0.4 is 25.5 Å². The summed E-state index contributed by atoms with van der Waals surface area (Å²) >= 11 is 0. The van der Waals surface area contributed by atoms with Crippen molar-refractivity contribution in [1.82, 2.24) is 20.6 Å². The van der Waals surface area contributed by atoms with Gasteiger partial charge in [0.05, 0.1) is 31.5 Å². The summed E-state index contributed by atoms with van der Waals surface area (Å²) < 4.78 is 18.5. The molecule has 4 aromatic rings. The number of amides is 3. The first-order valence-corrected chi connectivity index (χ1v) is 14.5. The van der Waals surface area contributed by atoms with E-state index >= 15 is 0 Å². The molecule has 0 aliphatic carbocycles. The third-order valence-corrected chi connectivity index (χ3v) is 7.50. The third-order valence-electron chi connectivity index (χ3n) is 7.50. The van der Waals surface area contributed by atoms with Crippen molar-refractivity contribution in [2.75, 3.05) is 20.3 Å². The molecule has 3 amide bonds. The molecule has 1 atom stereocenters. The van der Waals surface area contributed by atoms with Crippen LogP contribution in [0.15, 0.2) is 83.1 Å². The van der Waals surface area contributed by atoms with Gasteiger partial charge in [0.25, 0.3) is 5.91 Å². The lowest BCUT2D eigenvalue weighted by Gasteiger charge is -2.28. The van der Waals surface area contributed by atoms with Crippen molar-refractivity contribution < 1.29 is 28.6 Å². The number of carbonyl (C=O) groups is 3. The molecule has 1 aliphatic rings. The van der Waals surface area contributed by atoms with Crippen molar-refractivity contribution >= 4 is 34.9 Å². The molecule has 0 saturated carbocycles. The number of carbonyl (C=O) groups excluding carboxylic acids is 3. The Morgan fingerprint density at radius 3 is 2.53 bits per heavy atom. The second-order valence-electron chi connectivity index (χ2n) is 10.5. The Morgan fingerprint density at radius 1 is 1.00 bits per heavy atom. The molecule has 45 heavy (non-hydrogen) atoms. The predicted octanol–water partition coefficient (Wildman–Crippen LogP) is 4.98. The number of allylic oxidation sites excluding steroid dienone is 1. The van der Waals surface area contributed by atoms with E-state index in [1.807, 2.05) is 32.0 Å². The summed E-state index contributed by atoms with van der Waals surface area (Å²) in [5.74, 6) is -0.384. The molecule has 11 nitrogen and oxygen atoms in total. The topological polar surface area (TPSA) is 132 Å². The van der Waals surface area contributed by atoms with E-state index < -0.39 is 23.9 Å². The Labute approximate surface area is 260 Å². The molecule has 2 heterocycles. The third kappa shape index (κ3) is 6.67. The lowest BCUT2D eigenvalue weighted by atomic mass is 9.95. The maximum absolute atomic E-state index is 12.6. The lowest BCUT2D eigenvalue weighted by molar-refractivity contribution is -0.139. The Kier molecular flexibility index (Phi) is 9.17. The van der Waals surface area contributed by atoms with Crippen LogP contribution in [-0.2, 0) is 14.3 Å². The summed E-state index contributed by atoms with van der Waals surface area (Å²) in [6, 6.07) is 20.3. The molecular formula is C34H35N5O6. The van der Waals surface area contributed by atoms with E-state index in [-0.39, 0.29) is 18.8 Å². The fourth-order valence-electron chi connectivity index (χ4n) is 5.39. The Hall–Kier alpha value is -5.58. The molecule has 1 aromatic heterocycles. The van der Waals surface area contributed by atoms with Crippen LogP contribution >= 0.6 is 0 Å². The van der Waals surface area contributed by atoms with Crippen LogP contribution in [0.25, 0.3) is 16.5 Å². The number of nitrogens with zero attached hydrogens (tertiary/aromatic N) is 2. The minimum atomic E-state index is -0.762. The molecule has 0 radical (unpaired) electrons. The molecule has 0 unspecified atom stereocenters. The van der Waals surface area contributed by atoms with Crippen LogP contribution in [0.5, 0.6) is 11.5 Å². The number of benzene rings is 3. The van der Waals surface area contributed by atoms with Crippen LogP contribution in [-0.4, -0.2) is 49.0 Å². The van der Waals surface area contributed by atoms with Crippen molar-refractivity contribution in [3.8, 4) is 17.2 Å². The van der Waals surface area contributed by atoms with Gasteiger partial charge in [-0.05, 0) is 74.4 Å². The summed E-state index contributed by atoms with van der Waals surface area (Å²) in [5.41, 5.74) is 7.71. The van der Waals surface area contributed by atoms with Gasteiger partial charge in [0.1, 0.15) is 0 Å². The van der Waals surface area contributed by atoms with Crippen molar-refractivity contribution in [3.63, 3.8) is 0 Å². The van der Waals surface area contributed by atoms with Gasteiger partial charge in [0, 0.05) is 28.3 Å². The first-order valence-electron chi connectivity index (χ1n) is 14.5. The summed E-state index contributed by atoms with van der Waals surface area (Å²) in [6.45, 7) is 7.25. The van der Waals surface area contributed by atoms with Gasteiger partial charge >= 0.3 is 12.0 Å². The van der Waals surface area contributed by atoms with Crippen LogP contribution in [0.2, 0.25) is 0 Å². The van der Waals surface area contributed by atoms with Gasteiger partial charge in [0.15, 0.2) is 18.1 Å². The molecule has 11 heteroatoms. The van der Waals surface area contributed by atoms with Gasteiger partial charge in [-0.2, -0.15) is 5.10 Å². The van der Waals surface area contributed by atoms with E-state index in [1.54, 1.807) is 38.3 Å². The Balaban J connectivity index is 1.24. The van der Waals surface area contributed by atoms with E-state index in [2.05, 4.69) is 56.1 Å². The van der Waals surface area contributed by atoms with E-state index in [1.165, 1.54) is 12.5 Å². The zero-order valence-electron chi connectivity index (χ0n) is 25.8. The molecule has 0 bridgehead atoms. The fourth-order valence-corrected chi connectivity index (χ4v) is 5.39. The minimum Gasteiger partial charge on any atom is -0.493 e. The van der Waals surface area contributed by atoms with Gasteiger partial charge in [-0.25, -0.2) is 15.0 Å². The Morgan fingerprint density at radius 2 is 1.78 bits per heavy atom. The second-order valence-corrected chi connectivity index (χ2v) is 10.5. The molecule has 5 rings (SSSR count). The summed E-state index contributed by atoms with van der Waals surface area (Å²) in [6.07, 6.45) is 1.61. The normalized spacial score (nSPS) is 14.7. The number of ether oxygens (including phenoxy) is 3. The van der Waals surface area contributed by atoms with Crippen molar-refractivity contribution in [2.24, 2.45) is 5.10 Å². The number of esters is 1. The number of nitrogens with one attached hydrogen (secondary N) is 3. The van der Waals surface area contributed by atoms with E-state index in [9.17, 15) is 14.4 Å².